The van der Waals surface area contributed by atoms with Crippen molar-refractivity contribution in [3.63, 3.8) is 0 Å². The molecule has 180 valence electrons. The quantitative estimate of drug-likeness (QED) is 0.379. The first-order valence-electron chi connectivity index (χ1n) is 11.9. The van der Waals surface area contributed by atoms with Gasteiger partial charge in [-0.15, -0.1) is 0 Å². The number of likely N-dealkylation sites (tertiary alicyclic amines) is 2. The summed E-state index contributed by atoms with van der Waals surface area (Å²) in [6.07, 6.45) is 6.92. The van der Waals surface area contributed by atoms with Crippen LogP contribution < -0.4 is 14.2 Å². The first kappa shape index (κ1) is 24.1. The summed E-state index contributed by atoms with van der Waals surface area (Å²) < 4.78 is 16.6. The van der Waals surface area contributed by atoms with Gasteiger partial charge in [-0.25, -0.2) is 9.97 Å². The molecule has 2 aromatic rings. The molecule has 0 spiro atoms. The summed E-state index contributed by atoms with van der Waals surface area (Å²) in [5.41, 5.74) is 2.27. The smallest absolute Gasteiger partial charge is 0.187 e. The maximum absolute atomic E-state index is 5.64. The van der Waals surface area contributed by atoms with Gasteiger partial charge in [0.05, 0.1) is 21.3 Å². The van der Waals surface area contributed by atoms with Crippen LogP contribution in [0.1, 0.15) is 42.9 Å². The van der Waals surface area contributed by atoms with Crippen LogP contribution in [-0.4, -0.2) is 79.6 Å². The fourth-order valence-electron chi connectivity index (χ4n) is 4.82. The van der Waals surface area contributed by atoms with E-state index in [1.807, 2.05) is 18.3 Å². The number of aromatic nitrogens is 2. The van der Waals surface area contributed by atoms with Crippen molar-refractivity contribution in [1.29, 1.82) is 0 Å². The number of rotatable bonds is 10. The zero-order valence-electron chi connectivity index (χ0n) is 20.1. The molecule has 3 heterocycles. The Bertz CT molecular complexity index is 907. The van der Waals surface area contributed by atoms with E-state index < -0.39 is 0 Å². The van der Waals surface area contributed by atoms with Gasteiger partial charge in [0.25, 0.3) is 0 Å². The summed E-state index contributed by atoms with van der Waals surface area (Å²) in [6.45, 7) is 6.46. The standard InChI is InChI=1S/C25H36N4O3S/c1-30-22-16-24(32-3)23(31-2)15-20(22)18-29-12-6-7-19(17-29)21-8-9-26-25(27-21)33-14-13-28-10-4-5-11-28/h8-9,15-16,19H,4-7,10-14,17-18H2,1-3H3. The Kier molecular flexibility index (Phi) is 8.69. The molecule has 0 saturated carbocycles. The van der Waals surface area contributed by atoms with Crippen LogP contribution in [0.3, 0.4) is 0 Å². The van der Waals surface area contributed by atoms with Gasteiger partial charge in [-0.05, 0) is 57.5 Å². The zero-order valence-corrected chi connectivity index (χ0v) is 20.9. The summed E-state index contributed by atoms with van der Waals surface area (Å²) >= 11 is 1.78. The van der Waals surface area contributed by atoms with Crippen LogP contribution in [0, 0.1) is 0 Å². The molecule has 0 N–H and O–H groups in total. The van der Waals surface area contributed by atoms with Crippen LogP contribution >= 0.6 is 11.8 Å². The highest BCUT2D eigenvalue weighted by Gasteiger charge is 2.24. The molecule has 0 aliphatic carbocycles. The molecule has 33 heavy (non-hydrogen) atoms. The summed E-state index contributed by atoms with van der Waals surface area (Å²) in [4.78, 5) is 14.5. The van der Waals surface area contributed by atoms with Crippen LogP contribution in [0.15, 0.2) is 29.6 Å². The second kappa shape index (κ2) is 11.9. The molecule has 2 aliphatic heterocycles. The molecule has 4 rings (SSSR count). The molecular weight excluding hydrogens is 436 g/mol. The number of methoxy groups -OCH3 is 3. The number of nitrogens with zero attached hydrogens (tertiary/aromatic N) is 4. The minimum atomic E-state index is 0.422. The average molecular weight is 473 g/mol. The van der Waals surface area contributed by atoms with Crippen molar-refractivity contribution in [3.8, 4) is 17.2 Å². The summed E-state index contributed by atoms with van der Waals surface area (Å²) in [7, 11) is 5.02. The molecule has 8 heteroatoms. The highest BCUT2D eigenvalue weighted by molar-refractivity contribution is 7.99. The van der Waals surface area contributed by atoms with Gasteiger partial charge in [0.1, 0.15) is 5.75 Å². The lowest BCUT2D eigenvalue weighted by Crippen LogP contribution is -2.34. The number of piperidine rings is 1. The van der Waals surface area contributed by atoms with E-state index in [1.165, 1.54) is 25.9 Å². The van der Waals surface area contributed by atoms with Crippen LogP contribution in [-0.2, 0) is 6.54 Å². The van der Waals surface area contributed by atoms with Crippen molar-refractivity contribution in [2.75, 3.05) is 59.8 Å². The topological polar surface area (TPSA) is 60.0 Å². The molecule has 1 aromatic carbocycles. The molecule has 1 unspecified atom stereocenters. The fourth-order valence-corrected chi connectivity index (χ4v) is 5.66. The first-order valence-corrected chi connectivity index (χ1v) is 12.9. The van der Waals surface area contributed by atoms with Gasteiger partial charge in [-0.2, -0.15) is 0 Å². The maximum atomic E-state index is 5.64. The van der Waals surface area contributed by atoms with E-state index in [9.17, 15) is 0 Å². The van der Waals surface area contributed by atoms with Crippen molar-refractivity contribution in [2.45, 2.75) is 43.3 Å². The van der Waals surface area contributed by atoms with Gasteiger partial charge < -0.3 is 19.1 Å². The minimum absolute atomic E-state index is 0.422. The summed E-state index contributed by atoms with van der Waals surface area (Å²) in [6, 6.07) is 6.03. The third-order valence-corrected chi connectivity index (χ3v) is 7.44. The van der Waals surface area contributed by atoms with Gasteiger partial charge in [-0.3, -0.25) is 4.90 Å². The highest BCUT2D eigenvalue weighted by Crippen LogP contribution is 2.36. The summed E-state index contributed by atoms with van der Waals surface area (Å²) in [5, 5.41) is 0.908. The maximum Gasteiger partial charge on any atom is 0.187 e. The van der Waals surface area contributed by atoms with E-state index in [2.05, 4.69) is 20.9 Å². The zero-order chi connectivity index (χ0) is 23.0. The minimum Gasteiger partial charge on any atom is -0.496 e. The van der Waals surface area contributed by atoms with Crippen LogP contribution in [0.2, 0.25) is 0 Å². The predicted octanol–water partition coefficient (Wildman–Crippen LogP) is 4.07. The third kappa shape index (κ3) is 6.31. The van der Waals surface area contributed by atoms with Gasteiger partial charge in [-0.1, -0.05) is 11.8 Å². The molecule has 2 fully saturated rings. The van der Waals surface area contributed by atoms with Crippen molar-refractivity contribution < 1.29 is 14.2 Å². The third-order valence-electron chi connectivity index (χ3n) is 6.60. The Morgan fingerprint density at radius 3 is 2.42 bits per heavy atom. The molecule has 2 saturated heterocycles. The number of hydrogen-bond acceptors (Lipinski definition) is 8. The number of thioether (sulfide) groups is 1. The number of hydrogen-bond donors (Lipinski definition) is 0. The Morgan fingerprint density at radius 1 is 0.939 bits per heavy atom. The monoisotopic (exact) mass is 472 g/mol. The van der Waals surface area contributed by atoms with E-state index in [1.54, 1.807) is 33.1 Å². The predicted molar refractivity (Wildman–Crippen MR) is 132 cm³/mol. The lowest BCUT2D eigenvalue weighted by atomic mass is 9.94. The first-order chi connectivity index (χ1) is 16.2. The van der Waals surface area contributed by atoms with Crippen molar-refractivity contribution in [1.82, 2.24) is 19.8 Å². The Morgan fingerprint density at radius 2 is 1.67 bits per heavy atom. The molecule has 1 atom stereocenters. The fraction of sp³-hybridized carbons (Fsp3) is 0.600. The number of benzene rings is 1. The Hall–Kier alpha value is -2.03. The van der Waals surface area contributed by atoms with E-state index in [-0.39, 0.29) is 0 Å². The SMILES string of the molecule is COc1cc(OC)c(OC)cc1CN1CCCC(c2ccnc(SCCN3CCCC3)n2)C1. The molecule has 1 aromatic heterocycles. The largest absolute Gasteiger partial charge is 0.496 e. The summed E-state index contributed by atoms with van der Waals surface area (Å²) in [5.74, 6) is 3.72. The molecule has 2 aliphatic rings. The normalized spacial score (nSPS) is 19.5. The molecule has 0 radical (unpaired) electrons. The van der Waals surface area contributed by atoms with Crippen molar-refractivity contribution in [2.24, 2.45) is 0 Å². The Labute approximate surface area is 201 Å². The average Bonchev–Trinajstić information content (AvgIpc) is 3.38. The van der Waals surface area contributed by atoms with E-state index in [0.717, 1.165) is 72.7 Å². The molecule has 0 amide bonds. The van der Waals surface area contributed by atoms with Gasteiger partial charge in [0.15, 0.2) is 16.7 Å². The molecule has 0 bridgehead atoms. The van der Waals surface area contributed by atoms with E-state index in [4.69, 9.17) is 19.2 Å². The number of ether oxygens (including phenoxy) is 3. The van der Waals surface area contributed by atoms with Crippen molar-refractivity contribution >= 4 is 11.8 Å². The van der Waals surface area contributed by atoms with Crippen LogP contribution in [0.5, 0.6) is 17.2 Å². The lowest BCUT2D eigenvalue weighted by molar-refractivity contribution is 0.195. The highest BCUT2D eigenvalue weighted by atomic mass is 32.2. The van der Waals surface area contributed by atoms with Gasteiger partial charge in [0, 0.05) is 54.8 Å². The Balaban J connectivity index is 1.38. The van der Waals surface area contributed by atoms with Gasteiger partial charge in [0.2, 0.25) is 0 Å². The van der Waals surface area contributed by atoms with E-state index in [0.29, 0.717) is 11.7 Å². The lowest BCUT2D eigenvalue weighted by Gasteiger charge is -2.33. The van der Waals surface area contributed by atoms with E-state index >= 15 is 0 Å². The second-order valence-electron chi connectivity index (χ2n) is 8.75. The molecular formula is C25H36N4O3S. The second-order valence-corrected chi connectivity index (χ2v) is 9.82. The van der Waals surface area contributed by atoms with Crippen molar-refractivity contribution in [3.05, 3.63) is 35.7 Å². The van der Waals surface area contributed by atoms with Crippen LogP contribution in [0.25, 0.3) is 0 Å². The molecule has 7 nitrogen and oxygen atoms in total. The van der Waals surface area contributed by atoms with Crippen LogP contribution in [0.4, 0.5) is 0 Å². The van der Waals surface area contributed by atoms with Gasteiger partial charge >= 0.3 is 0 Å².